The van der Waals surface area contributed by atoms with Gasteiger partial charge in [-0.15, -0.1) is 0 Å². The van der Waals surface area contributed by atoms with E-state index in [1.54, 1.807) is 19.1 Å². The van der Waals surface area contributed by atoms with Crippen molar-refractivity contribution in [1.82, 2.24) is 9.78 Å². The van der Waals surface area contributed by atoms with Crippen molar-refractivity contribution in [2.45, 2.75) is 32.2 Å². The van der Waals surface area contributed by atoms with Crippen molar-refractivity contribution >= 4 is 17.3 Å². The first-order valence-electron chi connectivity index (χ1n) is 8.89. The van der Waals surface area contributed by atoms with Crippen molar-refractivity contribution in [3.05, 3.63) is 64.1 Å². The molecule has 1 amide bonds. The van der Waals surface area contributed by atoms with Crippen LogP contribution in [-0.4, -0.2) is 15.7 Å². The van der Waals surface area contributed by atoms with Gasteiger partial charge in [0.1, 0.15) is 17.4 Å². The summed E-state index contributed by atoms with van der Waals surface area (Å²) in [7, 11) is 0. The molecule has 1 aliphatic carbocycles. The quantitative estimate of drug-likeness (QED) is 0.741. The van der Waals surface area contributed by atoms with E-state index in [4.69, 9.17) is 10.2 Å². The van der Waals surface area contributed by atoms with Gasteiger partial charge in [0, 0.05) is 5.69 Å². The van der Waals surface area contributed by atoms with E-state index in [0.29, 0.717) is 11.5 Å². The SMILES string of the molecule is C[C@@H](C(=O)Nc1ccc2c(c1)CCC2)n1nc(-c2ccco2)cc(N)c1=O. The fourth-order valence-electron chi connectivity index (χ4n) is 3.35. The zero-order valence-electron chi connectivity index (χ0n) is 14.9. The summed E-state index contributed by atoms with van der Waals surface area (Å²) in [4.78, 5) is 25.1. The molecule has 0 saturated carbocycles. The standard InChI is InChI=1S/C20H20N4O3/c1-12(19(25)22-15-8-7-13-4-2-5-14(13)10-15)24-20(26)16(21)11-17(23-24)18-6-3-9-27-18/h3,6-12H,2,4-5,21H2,1H3,(H,22,25)/t12-/m0/s1. The minimum Gasteiger partial charge on any atom is -0.463 e. The lowest BCUT2D eigenvalue weighted by atomic mass is 10.1. The highest BCUT2D eigenvalue weighted by atomic mass is 16.3. The predicted molar refractivity (Wildman–Crippen MR) is 102 cm³/mol. The topological polar surface area (TPSA) is 103 Å². The Labute approximate surface area is 155 Å². The fraction of sp³-hybridized carbons (Fsp3) is 0.250. The van der Waals surface area contributed by atoms with Gasteiger partial charge in [0.15, 0.2) is 5.76 Å². The number of nitrogens with zero attached hydrogens (tertiary/aromatic N) is 2. The molecule has 3 N–H and O–H groups in total. The normalized spacial score (nSPS) is 14.0. The van der Waals surface area contributed by atoms with Crippen molar-refractivity contribution in [3.63, 3.8) is 0 Å². The largest absolute Gasteiger partial charge is 0.463 e. The molecule has 0 saturated heterocycles. The van der Waals surface area contributed by atoms with Gasteiger partial charge in [0.2, 0.25) is 5.91 Å². The van der Waals surface area contributed by atoms with E-state index in [-0.39, 0.29) is 11.6 Å². The van der Waals surface area contributed by atoms with Crippen LogP contribution < -0.4 is 16.6 Å². The summed E-state index contributed by atoms with van der Waals surface area (Å²) in [5, 5.41) is 7.13. The maximum atomic E-state index is 12.7. The number of fused-ring (bicyclic) bond motifs is 1. The van der Waals surface area contributed by atoms with Crippen LogP contribution >= 0.6 is 0 Å². The Balaban J connectivity index is 1.61. The molecule has 1 aliphatic rings. The van der Waals surface area contributed by atoms with Crippen LogP contribution in [0, 0.1) is 0 Å². The highest BCUT2D eigenvalue weighted by molar-refractivity contribution is 5.93. The summed E-state index contributed by atoms with van der Waals surface area (Å²) < 4.78 is 6.41. The number of carbonyl (C=O) groups excluding carboxylic acids is 1. The molecule has 0 radical (unpaired) electrons. The first kappa shape index (κ1) is 17.1. The number of anilines is 2. The van der Waals surface area contributed by atoms with Crippen LogP contribution in [0.5, 0.6) is 0 Å². The average molecular weight is 364 g/mol. The van der Waals surface area contributed by atoms with Crippen molar-refractivity contribution in [2.75, 3.05) is 11.1 Å². The number of nitrogens with one attached hydrogen (secondary N) is 1. The van der Waals surface area contributed by atoms with E-state index >= 15 is 0 Å². The molecule has 2 aromatic heterocycles. The maximum Gasteiger partial charge on any atom is 0.290 e. The monoisotopic (exact) mass is 364 g/mol. The van der Waals surface area contributed by atoms with E-state index in [1.165, 1.54) is 23.5 Å². The minimum atomic E-state index is -0.831. The van der Waals surface area contributed by atoms with Gasteiger partial charge in [-0.05, 0) is 67.6 Å². The van der Waals surface area contributed by atoms with Gasteiger partial charge in [-0.1, -0.05) is 6.07 Å². The maximum absolute atomic E-state index is 12.7. The van der Waals surface area contributed by atoms with Crippen LogP contribution in [0.1, 0.15) is 30.5 Å². The summed E-state index contributed by atoms with van der Waals surface area (Å²) in [6.07, 6.45) is 4.75. The lowest BCUT2D eigenvalue weighted by Gasteiger charge is -2.16. The molecule has 0 aliphatic heterocycles. The van der Waals surface area contributed by atoms with Crippen LogP contribution in [0.25, 0.3) is 11.5 Å². The summed E-state index contributed by atoms with van der Waals surface area (Å²) in [5.41, 5.74) is 9.04. The second kappa shape index (κ2) is 6.75. The molecular weight excluding hydrogens is 344 g/mol. The van der Waals surface area contributed by atoms with Gasteiger partial charge in [-0.2, -0.15) is 5.10 Å². The van der Waals surface area contributed by atoms with E-state index in [9.17, 15) is 9.59 Å². The lowest BCUT2D eigenvalue weighted by Crippen LogP contribution is -2.34. The number of rotatable bonds is 4. The zero-order chi connectivity index (χ0) is 19.0. The molecule has 1 aromatic carbocycles. The number of aryl methyl sites for hydroxylation is 2. The number of amides is 1. The van der Waals surface area contributed by atoms with E-state index in [0.717, 1.165) is 29.6 Å². The molecule has 2 heterocycles. The van der Waals surface area contributed by atoms with Gasteiger partial charge in [-0.3, -0.25) is 9.59 Å². The number of carbonyl (C=O) groups is 1. The fourth-order valence-corrected chi connectivity index (χ4v) is 3.35. The molecule has 4 rings (SSSR count). The van der Waals surface area contributed by atoms with Crippen LogP contribution in [0.2, 0.25) is 0 Å². The second-order valence-corrected chi connectivity index (χ2v) is 6.71. The smallest absolute Gasteiger partial charge is 0.290 e. The third-order valence-corrected chi connectivity index (χ3v) is 4.85. The Morgan fingerprint density at radius 3 is 2.85 bits per heavy atom. The number of furan rings is 1. The molecule has 1 atom stereocenters. The third-order valence-electron chi connectivity index (χ3n) is 4.85. The van der Waals surface area contributed by atoms with Crippen molar-refractivity contribution in [2.24, 2.45) is 0 Å². The van der Waals surface area contributed by atoms with E-state index in [1.807, 2.05) is 18.2 Å². The highest BCUT2D eigenvalue weighted by Crippen LogP contribution is 2.25. The number of aromatic nitrogens is 2. The van der Waals surface area contributed by atoms with E-state index in [2.05, 4.69) is 10.4 Å². The van der Waals surface area contributed by atoms with Gasteiger partial charge >= 0.3 is 0 Å². The van der Waals surface area contributed by atoms with Crippen LogP contribution in [0.4, 0.5) is 11.4 Å². The molecule has 7 heteroatoms. The number of benzene rings is 1. The molecule has 138 valence electrons. The Morgan fingerprint density at radius 1 is 1.26 bits per heavy atom. The van der Waals surface area contributed by atoms with Gasteiger partial charge < -0.3 is 15.5 Å². The highest BCUT2D eigenvalue weighted by Gasteiger charge is 2.21. The van der Waals surface area contributed by atoms with Gasteiger partial charge in [0.25, 0.3) is 5.56 Å². The van der Waals surface area contributed by atoms with Gasteiger partial charge in [-0.25, -0.2) is 4.68 Å². The van der Waals surface area contributed by atoms with Crippen LogP contribution in [0.3, 0.4) is 0 Å². The minimum absolute atomic E-state index is 0.00795. The molecule has 0 fully saturated rings. The van der Waals surface area contributed by atoms with Crippen LogP contribution in [-0.2, 0) is 17.6 Å². The molecule has 0 unspecified atom stereocenters. The zero-order valence-corrected chi connectivity index (χ0v) is 14.9. The lowest BCUT2D eigenvalue weighted by molar-refractivity contribution is -0.119. The Bertz CT molecular complexity index is 1050. The number of nitrogen functional groups attached to an aromatic ring is 1. The first-order chi connectivity index (χ1) is 13.0. The number of nitrogens with two attached hydrogens (primary N) is 1. The van der Waals surface area contributed by atoms with Gasteiger partial charge in [0.05, 0.1) is 6.26 Å². The first-order valence-corrected chi connectivity index (χ1v) is 8.89. The van der Waals surface area contributed by atoms with Crippen molar-refractivity contribution in [1.29, 1.82) is 0 Å². The van der Waals surface area contributed by atoms with Crippen LogP contribution in [0.15, 0.2) is 51.9 Å². The average Bonchev–Trinajstić information content (AvgIpc) is 3.34. The second-order valence-electron chi connectivity index (χ2n) is 6.71. The summed E-state index contributed by atoms with van der Waals surface area (Å²) in [5.74, 6) is 0.139. The van der Waals surface area contributed by atoms with E-state index < -0.39 is 11.6 Å². The Kier molecular flexibility index (Phi) is 4.27. The predicted octanol–water partition coefficient (Wildman–Crippen LogP) is 2.77. The Morgan fingerprint density at radius 2 is 2.07 bits per heavy atom. The van der Waals surface area contributed by atoms with Crippen molar-refractivity contribution < 1.29 is 9.21 Å². The molecule has 27 heavy (non-hydrogen) atoms. The molecule has 0 spiro atoms. The summed E-state index contributed by atoms with van der Waals surface area (Å²) >= 11 is 0. The third kappa shape index (κ3) is 3.23. The number of hydrogen-bond acceptors (Lipinski definition) is 5. The summed E-state index contributed by atoms with van der Waals surface area (Å²) in [6, 6.07) is 9.97. The molecule has 3 aromatic rings. The summed E-state index contributed by atoms with van der Waals surface area (Å²) in [6.45, 7) is 1.61. The van der Waals surface area contributed by atoms with Crippen molar-refractivity contribution in [3.8, 4) is 11.5 Å². The Hall–Kier alpha value is -3.35. The molecule has 0 bridgehead atoms. The molecule has 7 nitrogen and oxygen atoms in total. The molecular formula is C20H20N4O3. The number of hydrogen-bond donors (Lipinski definition) is 2.